The highest BCUT2D eigenvalue weighted by Crippen LogP contribution is 2.37. The number of hydrogen-bond acceptors (Lipinski definition) is 7. The molecule has 2 heterocycles. The van der Waals surface area contributed by atoms with E-state index in [0.29, 0.717) is 36.3 Å². The maximum Gasteiger partial charge on any atom is 0.341 e. The second-order valence-corrected chi connectivity index (χ2v) is 8.51. The molecule has 160 valence electrons. The van der Waals surface area contributed by atoms with Crippen LogP contribution in [0.4, 0.5) is 4.79 Å². The molecule has 0 saturated carbocycles. The van der Waals surface area contributed by atoms with Crippen LogP contribution in [-0.2, 0) is 19.1 Å². The Hall–Kier alpha value is -2.08. The molecule has 2 aliphatic heterocycles. The first-order valence-electron chi connectivity index (χ1n) is 8.71. The number of carboxylic acids is 1. The number of ether oxygens (including phenoxy) is 2. The van der Waals surface area contributed by atoms with Crippen LogP contribution in [0, 0.1) is 0 Å². The molecule has 0 spiro atoms. The molecule has 0 unspecified atom stereocenters. The molecule has 9 nitrogen and oxygen atoms in total. The summed E-state index contributed by atoms with van der Waals surface area (Å²) in [6, 6.07) is 3.06. The molecule has 0 aromatic heterocycles. The Morgan fingerprint density at radius 2 is 2.00 bits per heavy atom. The van der Waals surface area contributed by atoms with Crippen molar-refractivity contribution in [2.45, 2.75) is 0 Å². The lowest BCUT2D eigenvalue weighted by atomic mass is 10.2. The van der Waals surface area contributed by atoms with E-state index >= 15 is 0 Å². The van der Waals surface area contributed by atoms with Gasteiger partial charge in [0.1, 0.15) is 6.54 Å². The van der Waals surface area contributed by atoms with Gasteiger partial charge in [0.2, 0.25) is 5.91 Å². The van der Waals surface area contributed by atoms with Crippen LogP contribution in [0.5, 0.6) is 5.75 Å². The molecular formula is C18H16BrClN2O7S. The molecule has 3 amide bonds. The molecule has 0 atom stereocenters. The van der Waals surface area contributed by atoms with E-state index in [1.54, 1.807) is 11.0 Å². The van der Waals surface area contributed by atoms with Gasteiger partial charge in [0, 0.05) is 13.1 Å². The lowest BCUT2D eigenvalue weighted by Gasteiger charge is -2.28. The van der Waals surface area contributed by atoms with Crippen LogP contribution in [0.2, 0.25) is 5.02 Å². The second kappa shape index (κ2) is 9.82. The van der Waals surface area contributed by atoms with E-state index in [2.05, 4.69) is 15.9 Å². The molecule has 0 bridgehead atoms. The highest BCUT2D eigenvalue weighted by atomic mass is 79.9. The fourth-order valence-corrected chi connectivity index (χ4v) is 4.60. The molecule has 1 aromatic rings. The average Bonchev–Trinajstić information content (AvgIpc) is 2.95. The highest BCUT2D eigenvalue weighted by Gasteiger charge is 2.37. The number of aliphatic carboxylic acids is 1. The van der Waals surface area contributed by atoms with E-state index in [1.165, 1.54) is 12.1 Å². The zero-order valence-corrected chi connectivity index (χ0v) is 18.6. The lowest BCUT2D eigenvalue weighted by molar-refractivity contribution is -0.139. The van der Waals surface area contributed by atoms with E-state index in [0.717, 1.165) is 16.7 Å². The van der Waals surface area contributed by atoms with Gasteiger partial charge in [-0.05, 0) is 51.5 Å². The Balaban J connectivity index is 1.73. The van der Waals surface area contributed by atoms with Gasteiger partial charge in [-0.1, -0.05) is 11.6 Å². The molecule has 0 radical (unpaired) electrons. The Morgan fingerprint density at radius 3 is 2.63 bits per heavy atom. The van der Waals surface area contributed by atoms with E-state index in [9.17, 15) is 19.2 Å². The zero-order chi connectivity index (χ0) is 21.8. The summed E-state index contributed by atoms with van der Waals surface area (Å²) in [6.45, 7) is 0.814. The maximum atomic E-state index is 12.6. The van der Waals surface area contributed by atoms with Crippen molar-refractivity contribution in [3.05, 3.63) is 32.1 Å². The molecule has 12 heteroatoms. The molecule has 2 aliphatic rings. The number of hydrogen-bond donors (Lipinski definition) is 1. The Bertz CT molecular complexity index is 910. The summed E-state index contributed by atoms with van der Waals surface area (Å²) < 4.78 is 10.7. The number of benzene rings is 1. The smallest absolute Gasteiger partial charge is 0.341 e. The first kappa shape index (κ1) is 22.6. The Morgan fingerprint density at radius 1 is 1.30 bits per heavy atom. The molecule has 3 rings (SSSR count). The lowest BCUT2D eigenvalue weighted by Crippen LogP contribution is -2.46. The highest BCUT2D eigenvalue weighted by molar-refractivity contribution is 9.10. The molecule has 2 fully saturated rings. The summed E-state index contributed by atoms with van der Waals surface area (Å²) in [7, 11) is 0. The molecule has 2 saturated heterocycles. The maximum absolute atomic E-state index is 12.6. The fourth-order valence-electron chi connectivity index (χ4n) is 2.77. The van der Waals surface area contributed by atoms with Crippen LogP contribution in [0.1, 0.15) is 5.56 Å². The van der Waals surface area contributed by atoms with E-state index in [-0.39, 0.29) is 28.1 Å². The number of halogens is 2. The summed E-state index contributed by atoms with van der Waals surface area (Å²) in [5.74, 6) is -1.87. The monoisotopic (exact) mass is 518 g/mol. The number of carbonyl (C=O) groups is 4. The third-order valence-corrected chi connectivity index (χ3v) is 5.97. The van der Waals surface area contributed by atoms with Crippen LogP contribution < -0.4 is 4.74 Å². The van der Waals surface area contributed by atoms with Gasteiger partial charge in [-0.2, -0.15) is 0 Å². The van der Waals surface area contributed by atoms with E-state index < -0.39 is 23.7 Å². The summed E-state index contributed by atoms with van der Waals surface area (Å²) in [5, 5.41) is 8.33. The minimum Gasteiger partial charge on any atom is -0.479 e. The van der Waals surface area contributed by atoms with Crippen molar-refractivity contribution in [1.29, 1.82) is 0 Å². The number of morpholine rings is 1. The molecule has 30 heavy (non-hydrogen) atoms. The predicted molar refractivity (Wildman–Crippen MR) is 112 cm³/mol. The van der Waals surface area contributed by atoms with Gasteiger partial charge < -0.3 is 19.5 Å². The van der Waals surface area contributed by atoms with Gasteiger partial charge in [0.15, 0.2) is 12.4 Å². The average molecular weight is 520 g/mol. The van der Waals surface area contributed by atoms with E-state index in [1.807, 2.05) is 0 Å². The largest absolute Gasteiger partial charge is 0.479 e. The van der Waals surface area contributed by atoms with Gasteiger partial charge >= 0.3 is 5.97 Å². The van der Waals surface area contributed by atoms with Gasteiger partial charge in [-0.3, -0.25) is 19.3 Å². The van der Waals surface area contributed by atoms with Crippen molar-refractivity contribution in [2.75, 3.05) is 39.5 Å². The quantitative estimate of drug-likeness (QED) is 0.570. The molecule has 1 N–H and O–H groups in total. The summed E-state index contributed by atoms with van der Waals surface area (Å²) in [5.41, 5.74) is 0.500. The molecule has 0 aliphatic carbocycles. The van der Waals surface area contributed by atoms with Crippen molar-refractivity contribution in [1.82, 2.24) is 9.80 Å². The van der Waals surface area contributed by atoms with Crippen molar-refractivity contribution in [3.63, 3.8) is 0 Å². The predicted octanol–water partition coefficient (Wildman–Crippen LogP) is 2.46. The standard InChI is InChI=1S/C18H16BrClN2O7S/c19-11-5-10(6-12(20)16(11)29-9-15(24)25)7-13-17(26)22(18(27)30-13)8-14(23)21-1-3-28-4-2-21/h5-7H,1-4,8-9H2,(H,24,25)/b13-7+. The van der Waals surface area contributed by atoms with Crippen molar-refractivity contribution >= 4 is 68.4 Å². The van der Waals surface area contributed by atoms with Crippen LogP contribution in [0.15, 0.2) is 21.5 Å². The van der Waals surface area contributed by atoms with Gasteiger partial charge in [0.05, 0.1) is 27.6 Å². The molecular weight excluding hydrogens is 504 g/mol. The van der Waals surface area contributed by atoms with Gasteiger partial charge in [-0.25, -0.2) is 4.79 Å². The van der Waals surface area contributed by atoms with Crippen molar-refractivity contribution in [2.24, 2.45) is 0 Å². The number of carbonyl (C=O) groups excluding carboxylic acids is 3. The first-order chi connectivity index (χ1) is 14.3. The second-order valence-electron chi connectivity index (χ2n) is 6.26. The van der Waals surface area contributed by atoms with Gasteiger partial charge in [0.25, 0.3) is 11.1 Å². The minimum atomic E-state index is -1.15. The number of rotatable bonds is 6. The third kappa shape index (κ3) is 5.34. The Labute approximate surface area is 189 Å². The number of thioether (sulfide) groups is 1. The van der Waals surface area contributed by atoms with E-state index in [4.69, 9.17) is 26.2 Å². The fraction of sp³-hybridized carbons (Fsp3) is 0.333. The number of amides is 3. The summed E-state index contributed by atoms with van der Waals surface area (Å²) in [4.78, 5) is 50.5. The Kier molecular flexibility index (Phi) is 7.40. The van der Waals surface area contributed by atoms with Crippen LogP contribution in [0.25, 0.3) is 6.08 Å². The number of carboxylic acid groups (broad SMARTS) is 1. The SMILES string of the molecule is O=C(O)COc1c(Cl)cc(/C=C2/SC(=O)N(CC(=O)N3CCOCC3)C2=O)cc1Br. The van der Waals surface area contributed by atoms with Crippen LogP contribution >= 0.6 is 39.3 Å². The number of nitrogens with zero attached hydrogens (tertiary/aromatic N) is 2. The number of imide groups is 1. The van der Waals surface area contributed by atoms with Crippen LogP contribution in [-0.4, -0.2) is 77.4 Å². The summed E-state index contributed by atoms with van der Waals surface area (Å²) in [6.07, 6.45) is 1.47. The topological polar surface area (TPSA) is 113 Å². The van der Waals surface area contributed by atoms with Crippen molar-refractivity contribution in [3.8, 4) is 5.75 Å². The van der Waals surface area contributed by atoms with Crippen LogP contribution in [0.3, 0.4) is 0 Å². The zero-order valence-electron chi connectivity index (χ0n) is 15.4. The minimum absolute atomic E-state index is 0.138. The summed E-state index contributed by atoms with van der Waals surface area (Å²) >= 11 is 10.1. The normalized spacial score (nSPS) is 18.3. The third-order valence-electron chi connectivity index (χ3n) is 4.19. The van der Waals surface area contributed by atoms with Gasteiger partial charge in [-0.15, -0.1) is 0 Å². The first-order valence-corrected chi connectivity index (χ1v) is 10.7. The molecule has 1 aromatic carbocycles. The van der Waals surface area contributed by atoms with Crippen molar-refractivity contribution < 1.29 is 33.8 Å².